The molecular weight excluding hydrogens is 302 g/mol. The maximum Gasteiger partial charge on any atom is 0.226 e. The van der Waals surface area contributed by atoms with Crippen molar-refractivity contribution in [3.63, 3.8) is 0 Å². The van der Waals surface area contributed by atoms with Crippen molar-refractivity contribution < 1.29 is 9.53 Å². The number of hydrogen-bond acceptors (Lipinski definition) is 3. The van der Waals surface area contributed by atoms with Crippen LogP contribution in [-0.2, 0) is 10.3 Å². The van der Waals surface area contributed by atoms with Gasteiger partial charge in [-0.25, -0.2) is 4.68 Å². The number of amides is 1. The number of rotatable bonds is 1. The molecule has 3 heterocycles. The second-order valence-electron chi connectivity index (χ2n) is 7.38. The lowest BCUT2D eigenvalue weighted by atomic mass is 9.85. The van der Waals surface area contributed by atoms with Crippen molar-refractivity contribution in [2.24, 2.45) is 0 Å². The van der Waals surface area contributed by atoms with Crippen molar-refractivity contribution in [2.45, 2.75) is 38.6 Å². The molecule has 5 heteroatoms. The van der Waals surface area contributed by atoms with Gasteiger partial charge in [-0.05, 0) is 38.5 Å². The lowest BCUT2D eigenvalue weighted by molar-refractivity contribution is -0.116. The van der Waals surface area contributed by atoms with E-state index in [9.17, 15) is 4.79 Å². The fourth-order valence-electron chi connectivity index (χ4n) is 3.39. The number of aromatic nitrogens is 2. The quantitative estimate of drug-likeness (QED) is 0.873. The summed E-state index contributed by atoms with van der Waals surface area (Å²) in [6, 6.07) is 7.98. The zero-order chi connectivity index (χ0) is 16.9. The average Bonchev–Trinajstić information content (AvgIpc) is 2.97. The molecular formula is C19H21N3O2. The molecule has 5 nitrogen and oxygen atoms in total. The lowest BCUT2D eigenvalue weighted by Crippen LogP contribution is -2.31. The molecule has 0 aliphatic carbocycles. The van der Waals surface area contributed by atoms with Gasteiger partial charge in [-0.3, -0.25) is 4.79 Å². The largest absolute Gasteiger partial charge is 0.489 e. The molecule has 0 spiro atoms. The summed E-state index contributed by atoms with van der Waals surface area (Å²) >= 11 is 0. The smallest absolute Gasteiger partial charge is 0.226 e. The highest BCUT2D eigenvalue weighted by Gasteiger charge is 2.34. The van der Waals surface area contributed by atoms with E-state index in [4.69, 9.17) is 4.74 Å². The second-order valence-corrected chi connectivity index (χ2v) is 7.38. The van der Waals surface area contributed by atoms with Crippen LogP contribution in [0.15, 0.2) is 36.0 Å². The molecule has 0 fully saturated rings. The predicted octanol–water partition coefficient (Wildman–Crippen LogP) is 3.54. The van der Waals surface area contributed by atoms with Crippen LogP contribution < -0.4 is 10.1 Å². The van der Waals surface area contributed by atoms with Crippen molar-refractivity contribution in [2.75, 3.05) is 11.9 Å². The third-order valence-corrected chi connectivity index (χ3v) is 4.56. The van der Waals surface area contributed by atoms with Gasteiger partial charge >= 0.3 is 0 Å². The van der Waals surface area contributed by atoms with Gasteiger partial charge in [-0.1, -0.05) is 18.2 Å². The SMILES string of the molecule is CC(C)(C)n1ncc2c1NC(=O)C[C@H]2C1=Cc2ccccc2OC1. The molecule has 1 N–H and O–H groups in total. The molecule has 1 aromatic heterocycles. The summed E-state index contributed by atoms with van der Waals surface area (Å²) in [4.78, 5) is 12.3. The van der Waals surface area contributed by atoms with Gasteiger partial charge in [-0.2, -0.15) is 5.10 Å². The third kappa shape index (κ3) is 2.40. The molecule has 0 radical (unpaired) electrons. The van der Waals surface area contributed by atoms with Gasteiger partial charge < -0.3 is 10.1 Å². The van der Waals surface area contributed by atoms with Crippen LogP contribution in [-0.4, -0.2) is 22.3 Å². The van der Waals surface area contributed by atoms with Crippen molar-refractivity contribution >= 4 is 17.8 Å². The van der Waals surface area contributed by atoms with E-state index in [0.717, 1.165) is 28.3 Å². The molecule has 0 saturated carbocycles. The number of para-hydroxylation sites is 1. The lowest BCUT2D eigenvalue weighted by Gasteiger charge is -2.30. The standard InChI is InChI=1S/C19H21N3O2/c1-19(2,3)22-18-15(10-20-22)14(9-17(23)21-18)13-8-12-6-4-5-7-16(12)24-11-13/h4-8,10,14H,9,11H2,1-3H3,(H,21,23)/t14-/m0/s1. The van der Waals surface area contributed by atoms with Gasteiger partial charge in [0.15, 0.2) is 0 Å². The van der Waals surface area contributed by atoms with Crippen molar-refractivity contribution in [3.8, 4) is 5.75 Å². The van der Waals surface area contributed by atoms with Gasteiger partial charge in [0.05, 0.1) is 11.7 Å². The molecule has 2 aliphatic heterocycles. The zero-order valence-electron chi connectivity index (χ0n) is 14.2. The van der Waals surface area contributed by atoms with E-state index >= 15 is 0 Å². The predicted molar refractivity (Wildman–Crippen MR) is 93.1 cm³/mol. The van der Waals surface area contributed by atoms with Gasteiger partial charge in [0.25, 0.3) is 0 Å². The molecule has 1 aromatic carbocycles. The summed E-state index contributed by atoms with van der Waals surface area (Å²) in [5.74, 6) is 1.74. The van der Waals surface area contributed by atoms with Crippen LogP contribution in [0.4, 0.5) is 5.82 Å². The number of benzene rings is 1. The van der Waals surface area contributed by atoms with E-state index in [1.165, 1.54) is 0 Å². The van der Waals surface area contributed by atoms with Crippen LogP contribution in [0.3, 0.4) is 0 Å². The summed E-state index contributed by atoms with van der Waals surface area (Å²) in [5.41, 5.74) is 3.07. The van der Waals surface area contributed by atoms with Crippen molar-refractivity contribution in [1.29, 1.82) is 0 Å². The van der Waals surface area contributed by atoms with Crippen LogP contribution in [0, 0.1) is 0 Å². The van der Waals surface area contributed by atoms with Crippen LogP contribution >= 0.6 is 0 Å². The summed E-state index contributed by atoms with van der Waals surface area (Å²) in [6.07, 6.45) is 4.46. The molecule has 0 bridgehead atoms. The van der Waals surface area contributed by atoms with E-state index in [0.29, 0.717) is 13.0 Å². The Labute approximate surface area is 141 Å². The van der Waals surface area contributed by atoms with Gasteiger partial charge in [-0.15, -0.1) is 0 Å². The average molecular weight is 323 g/mol. The Kier molecular flexibility index (Phi) is 3.27. The minimum atomic E-state index is -0.188. The number of anilines is 1. The fourth-order valence-corrected chi connectivity index (χ4v) is 3.39. The molecule has 2 aromatic rings. The van der Waals surface area contributed by atoms with Crippen LogP contribution in [0.2, 0.25) is 0 Å². The van der Waals surface area contributed by atoms with Crippen LogP contribution in [0.1, 0.15) is 44.2 Å². The summed E-state index contributed by atoms with van der Waals surface area (Å²) < 4.78 is 7.78. The topological polar surface area (TPSA) is 56.2 Å². The molecule has 1 atom stereocenters. The Balaban J connectivity index is 1.78. The molecule has 0 saturated heterocycles. The summed E-state index contributed by atoms with van der Waals surface area (Å²) in [7, 11) is 0. The molecule has 0 unspecified atom stereocenters. The number of nitrogens with one attached hydrogen (secondary N) is 1. The highest BCUT2D eigenvalue weighted by molar-refractivity contribution is 5.94. The van der Waals surface area contributed by atoms with Crippen LogP contribution in [0.5, 0.6) is 5.75 Å². The second kappa shape index (κ2) is 5.23. The highest BCUT2D eigenvalue weighted by atomic mass is 16.5. The molecule has 2 aliphatic rings. The van der Waals surface area contributed by atoms with E-state index < -0.39 is 0 Å². The van der Waals surface area contributed by atoms with Crippen molar-refractivity contribution in [3.05, 3.63) is 47.2 Å². The third-order valence-electron chi connectivity index (χ3n) is 4.56. The molecule has 4 rings (SSSR count). The molecule has 24 heavy (non-hydrogen) atoms. The summed E-state index contributed by atoms with van der Waals surface area (Å²) in [6.45, 7) is 6.74. The Bertz CT molecular complexity index is 843. The van der Waals surface area contributed by atoms with E-state index in [1.807, 2.05) is 35.1 Å². The number of nitrogens with zero attached hydrogens (tertiary/aromatic N) is 2. The van der Waals surface area contributed by atoms with Gasteiger partial charge in [0.2, 0.25) is 5.91 Å². The minimum Gasteiger partial charge on any atom is -0.489 e. The summed E-state index contributed by atoms with van der Waals surface area (Å²) in [5, 5.41) is 7.52. The Morgan fingerprint density at radius 2 is 2.08 bits per heavy atom. The Hall–Kier alpha value is -2.56. The maximum atomic E-state index is 12.3. The fraction of sp³-hybridized carbons (Fsp3) is 0.368. The zero-order valence-corrected chi connectivity index (χ0v) is 14.2. The first-order valence-corrected chi connectivity index (χ1v) is 8.24. The van der Waals surface area contributed by atoms with Gasteiger partial charge in [0, 0.05) is 23.5 Å². The number of carbonyl (C=O) groups excluding carboxylic acids is 1. The number of ether oxygens (including phenoxy) is 1. The molecule has 124 valence electrons. The Morgan fingerprint density at radius 1 is 1.29 bits per heavy atom. The van der Waals surface area contributed by atoms with E-state index in [-0.39, 0.29) is 17.4 Å². The molecule has 1 amide bonds. The highest BCUT2D eigenvalue weighted by Crippen LogP contribution is 2.41. The number of carbonyl (C=O) groups is 1. The number of fused-ring (bicyclic) bond motifs is 2. The monoisotopic (exact) mass is 323 g/mol. The van der Waals surface area contributed by atoms with Gasteiger partial charge in [0.1, 0.15) is 18.2 Å². The Morgan fingerprint density at radius 3 is 2.88 bits per heavy atom. The first-order valence-electron chi connectivity index (χ1n) is 8.24. The normalized spacial score (nSPS) is 19.7. The van der Waals surface area contributed by atoms with E-state index in [2.05, 4.69) is 37.3 Å². The first kappa shape index (κ1) is 15.0. The van der Waals surface area contributed by atoms with Crippen LogP contribution in [0.25, 0.3) is 6.08 Å². The first-order chi connectivity index (χ1) is 11.4. The number of hydrogen-bond donors (Lipinski definition) is 1. The maximum absolute atomic E-state index is 12.3. The van der Waals surface area contributed by atoms with E-state index in [1.54, 1.807) is 0 Å². The minimum absolute atomic E-state index is 0.0122. The van der Waals surface area contributed by atoms with Crippen molar-refractivity contribution in [1.82, 2.24) is 9.78 Å².